The van der Waals surface area contributed by atoms with Crippen LogP contribution in [0.15, 0.2) is 24.3 Å². The summed E-state index contributed by atoms with van der Waals surface area (Å²) in [7, 11) is 1.59. The van der Waals surface area contributed by atoms with Crippen molar-refractivity contribution in [3.63, 3.8) is 0 Å². The minimum Gasteiger partial charge on any atom is -0.497 e. The van der Waals surface area contributed by atoms with E-state index in [1.807, 2.05) is 24.3 Å². The Labute approximate surface area is 146 Å². The maximum absolute atomic E-state index is 12.1. The Balaban J connectivity index is 1.67. The zero-order chi connectivity index (χ0) is 18.2. The Kier molecular flexibility index (Phi) is 6.80. The summed E-state index contributed by atoms with van der Waals surface area (Å²) in [5.41, 5.74) is 0.937. The van der Waals surface area contributed by atoms with Gasteiger partial charge in [-0.3, -0.25) is 14.4 Å². The zero-order valence-corrected chi connectivity index (χ0v) is 14.3. The fourth-order valence-corrected chi connectivity index (χ4v) is 2.92. The summed E-state index contributed by atoms with van der Waals surface area (Å²) >= 11 is 0. The lowest BCUT2D eigenvalue weighted by atomic mass is 9.81. The normalized spacial score (nSPS) is 19.7. The number of hydrogen-bond donors (Lipinski definition) is 3. The van der Waals surface area contributed by atoms with Crippen LogP contribution in [-0.2, 0) is 20.9 Å². The van der Waals surface area contributed by atoms with Gasteiger partial charge in [-0.2, -0.15) is 0 Å². The molecule has 1 aliphatic rings. The Bertz CT molecular complexity index is 606. The van der Waals surface area contributed by atoms with E-state index in [4.69, 9.17) is 9.84 Å². The van der Waals surface area contributed by atoms with Crippen LogP contribution >= 0.6 is 0 Å². The predicted molar refractivity (Wildman–Crippen MR) is 90.9 cm³/mol. The molecule has 0 radical (unpaired) electrons. The molecule has 1 aliphatic carbocycles. The van der Waals surface area contributed by atoms with E-state index < -0.39 is 5.97 Å². The largest absolute Gasteiger partial charge is 0.497 e. The van der Waals surface area contributed by atoms with E-state index >= 15 is 0 Å². The number of ether oxygens (including phenoxy) is 1. The van der Waals surface area contributed by atoms with Crippen LogP contribution in [0.25, 0.3) is 0 Å². The van der Waals surface area contributed by atoms with Crippen molar-refractivity contribution in [2.45, 2.75) is 32.2 Å². The van der Waals surface area contributed by atoms with Crippen molar-refractivity contribution in [3.8, 4) is 5.75 Å². The second kappa shape index (κ2) is 9.05. The molecule has 0 bridgehead atoms. The summed E-state index contributed by atoms with van der Waals surface area (Å²) in [6.45, 7) is 0.302. The minimum atomic E-state index is -0.795. The molecule has 7 nitrogen and oxygen atoms in total. The summed E-state index contributed by atoms with van der Waals surface area (Å²) in [6.07, 6.45) is 2.13. The Morgan fingerprint density at radius 2 is 1.64 bits per heavy atom. The third kappa shape index (κ3) is 5.77. The molecule has 0 atom stereocenters. The van der Waals surface area contributed by atoms with Crippen LogP contribution in [0.2, 0.25) is 0 Å². The Morgan fingerprint density at radius 1 is 1.04 bits per heavy atom. The molecule has 1 aromatic rings. The Morgan fingerprint density at radius 3 is 2.20 bits per heavy atom. The van der Waals surface area contributed by atoms with Crippen molar-refractivity contribution in [2.24, 2.45) is 11.8 Å². The lowest BCUT2D eigenvalue weighted by molar-refractivity contribution is -0.144. The van der Waals surface area contributed by atoms with Crippen LogP contribution in [0.5, 0.6) is 5.75 Å². The fraction of sp³-hybridized carbons (Fsp3) is 0.500. The number of methoxy groups -OCH3 is 1. The molecule has 1 aromatic carbocycles. The summed E-state index contributed by atoms with van der Waals surface area (Å²) in [4.78, 5) is 34.8. The van der Waals surface area contributed by atoms with Gasteiger partial charge in [0.25, 0.3) is 0 Å². The second-order valence-corrected chi connectivity index (χ2v) is 6.23. The van der Waals surface area contributed by atoms with Crippen LogP contribution in [-0.4, -0.2) is 36.5 Å². The molecule has 0 aromatic heterocycles. The standard InChI is InChI=1S/C18H24N2O5/c1-25-15-8-2-12(3-9-15)10-19-16(21)11-20-17(22)13-4-6-14(7-5-13)18(23)24/h2-3,8-9,13-14H,4-7,10-11H2,1H3,(H,19,21)(H,20,22)(H,23,24). The minimum absolute atomic E-state index is 0.0755. The van der Waals surface area contributed by atoms with E-state index in [0.29, 0.717) is 32.2 Å². The summed E-state index contributed by atoms with van der Waals surface area (Å²) in [5, 5.41) is 14.3. The molecule has 0 aliphatic heterocycles. The number of carboxylic acids is 1. The monoisotopic (exact) mass is 348 g/mol. The van der Waals surface area contributed by atoms with Gasteiger partial charge in [-0.15, -0.1) is 0 Å². The summed E-state index contributed by atoms with van der Waals surface area (Å²) in [5.74, 6) is -1.04. The highest BCUT2D eigenvalue weighted by Gasteiger charge is 2.29. The van der Waals surface area contributed by atoms with Crippen LogP contribution in [0.4, 0.5) is 0 Å². The van der Waals surface area contributed by atoms with Crippen molar-refractivity contribution in [1.29, 1.82) is 0 Å². The van der Waals surface area contributed by atoms with Gasteiger partial charge < -0.3 is 20.5 Å². The average Bonchev–Trinajstić information content (AvgIpc) is 2.64. The zero-order valence-electron chi connectivity index (χ0n) is 14.3. The maximum atomic E-state index is 12.1. The second-order valence-electron chi connectivity index (χ2n) is 6.23. The van der Waals surface area contributed by atoms with Gasteiger partial charge in [-0.1, -0.05) is 12.1 Å². The van der Waals surface area contributed by atoms with Gasteiger partial charge in [0.2, 0.25) is 11.8 Å². The van der Waals surface area contributed by atoms with Crippen molar-refractivity contribution in [3.05, 3.63) is 29.8 Å². The van der Waals surface area contributed by atoms with E-state index in [0.717, 1.165) is 11.3 Å². The first-order chi connectivity index (χ1) is 12.0. The van der Waals surface area contributed by atoms with Gasteiger partial charge in [0.1, 0.15) is 5.75 Å². The molecular weight excluding hydrogens is 324 g/mol. The topological polar surface area (TPSA) is 105 Å². The molecule has 1 saturated carbocycles. The van der Waals surface area contributed by atoms with Crippen LogP contribution in [0.1, 0.15) is 31.2 Å². The molecule has 1 fully saturated rings. The number of hydrogen-bond acceptors (Lipinski definition) is 4. The first-order valence-electron chi connectivity index (χ1n) is 8.39. The maximum Gasteiger partial charge on any atom is 0.306 e. The van der Waals surface area contributed by atoms with E-state index in [1.54, 1.807) is 7.11 Å². The lowest BCUT2D eigenvalue weighted by Crippen LogP contribution is -2.40. The third-order valence-electron chi connectivity index (χ3n) is 4.52. The smallest absolute Gasteiger partial charge is 0.306 e. The van der Waals surface area contributed by atoms with Gasteiger partial charge in [-0.25, -0.2) is 0 Å². The molecule has 7 heteroatoms. The van der Waals surface area contributed by atoms with Gasteiger partial charge >= 0.3 is 5.97 Å². The van der Waals surface area contributed by atoms with Crippen molar-refractivity contribution in [2.75, 3.05) is 13.7 Å². The summed E-state index contributed by atoms with van der Waals surface area (Å²) in [6, 6.07) is 7.35. The number of aliphatic carboxylic acids is 1. The molecule has 2 amide bonds. The highest BCUT2D eigenvalue weighted by atomic mass is 16.5. The van der Waals surface area contributed by atoms with Crippen LogP contribution < -0.4 is 15.4 Å². The number of nitrogens with one attached hydrogen (secondary N) is 2. The van der Waals surface area contributed by atoms with E-state index in [2.05, 4.69) is 10.6 Å². The van der Waals surface area contributed by atoms with E-state index in [1.165, 1.54) is 0 Å². The van der Waals surface area contributed by atoms with Crippen molar-refractivity contribution < 1.29 is 24.2 Å². The fourth-order valence-electron chi connectivity index (χ4n) is 2.92. The summed E-state index contributed by atoms with van der Waals surface area (Å²) < 4.78 is 5.07. The molecule has 25 heavy (non-hydrogen) atoms. The quantitative estimate of drug-likeness (QED) is 0.689. The van der Waals surface area contributed by atoms with E-state index in [9.17, 15) is 14.4 Å². The molecule has 3 N–H and O–H groups in total. The molecule has 2 rings (SSSR count). The van der Waals surface area contributed by atoms with Crippen molar-refractivity contribution in [1.82, 2.24) is 10.6 Å². The number of carbonyl (C=O) groups excluding carboxylic acids is 2. The van der Waals surface area contributed by atoms with Gasteiger partial charge in [-0.05, 0) is 43.4 Å². The molecule has 0 heterocycles. The molecule has 0 saturated heterocycles. The van der Waals surface area contributed by atoms with Gasteiger partial charge in [0, 0.05) is 12.5 Å². The van der Waals surface area contributed by atoms with Gasteiger partial charge in [0.15, 0.2) is 0 Å². The molecule has 0 spiro atoms. The third-order valence-corrected chi connectivity index (χ3v) is 4.52. The first-order valence-corrected chi connectivity index (χ1v) is 8.39. The highest BCUT2D eigenvalue weighted by Crippen LogP contribution is 2.28. The predicted octanol–water partition coefficient (Wildman–Crippen LogP) is 1.32. The molecule has 0 unspecified atom stereocenters. The number of carboxylic acid groups (broad SMARTS) is 1. The van der Waals surface area contributed by atoms with Crippen LogP contribution in [0, 0.1) is 11.8 Å². The lowest BCUT2D eigenvalue weighted by Gasteiger charge is -2.25. The number of benzene rings is 1. The Hall–Kier alpha value is -2.57. The van der Waals surface area contributed by atoms with Gasteiger partial charge in [0.05, 0.1) is 19.6 Å². The van der Waals surface area contributed by atoms with Crippen molar-refractivity contribution >= 4 is 17.8 Å². The SMILES string of the molecule is COc1ccc(CNC(=O)CNC(=O)C2CCC(C(=O)O)CC2)cc1. The number of rotatable bonds is 7. The number of amides is 2. The average molecular weight is 348 g/mol. The first kappa shape index (κ1) is 18.8. The molecular formula is C18H24N2O5. The highest BCUT2D eigenvalue weighted by molar-refractivity contribution is 5.86. The molecule has 136 valence electrons. The van der Waals surface area contributed by atoms with Crippen LogP contribution in [0.3, 0.4) is 0 Å². The van der Waals surface area contributed by atoms with E-state index in [-0.39, 0.29) is 30.2 Å². The number of carbonyl (C=O) groups is 3.